The third-order valence-corrected chi connectivity index (χ3v) is 3.20. The van der Waals surface area contributed by atoms with Gasteiger partial charge in [-0.1, -0.05) is 5.16 Å². The second-order valence-corrected chi connectivity index (χ2v) is 4.99. The number of nitrogens with one attached hydrogen (secondary N) is 1. The summed E-state index contributed by atoms with van der Waals surface area (Å²) in [5.41, 5.74) is 0.321. The lowest BCUT2D eigenvalue weighted by atomic mass is 10.1. The van der Waals surface area contributed by atoms with Crippen molar-refractivity contribution >= 4 is 15.9 Å². The number of rotatable bonds is 3. The Balaban J connectivity index is 2.40. The molecule has 0 unspecified atom stereocenters. The number of halogens is 1. The van der Waals surface area contributed by atoms with E-state index in [-0.39, 0.29) is 5.54 Å². The highest BCUT2D eigenvalue weighted by Gasteiger charge is 2.26. The molecule has 0 bridgehead atoms. The molecule has 0 fully saturated rings. The third kappa shape index (κ3) is 2.37. The lowest BCUT2D eigenvalue weighted by Crippen LogP contribution is -2.33. The third-order valence-electron chi connectivity index (χ3n) is 2.56. The molecular formula is C11H13BrN4O. The topological polar surface area (TPSA) is 63.8 Å². The first-order chi connectivity index (χ1) is 8.04. The summed E-state index contributed by atoms with van der Waals surface area (Å²) >= 11 is 3.41. The maximum Gasteiger partial charge on any atom is 0.246 e. The van der Waals surface area contributed by atoms with Crippen molar-refractivity contribution in [3.05, 3.63) is 28.7 Å². The van der Waals surface area contributed by atoms with Crippen LogP contribution in [0.3, 0.4) is 0 Å². The molecule has 0 aliphatic heterocycles. The monoisotopic (exact) mass is 296 g/mol. The van der Waals surface area contributed by atoms with E-state index in [1.807, 2.05) is 33.0 Å². The first-order valence-electron chi connectivity index (χ1n) is 5.18. The Morgan fingerprint density at radius 3 is 2.82 bits per heavy atom. The van der Waals surface area contributed by atoms with Gasteiger partial charge >= 0.3 is 0 Å². The molecule has 6 heteroatoms. The zero-order valence-electron chi connectivity index (χ0n) is 9.86. The normalized spacial score (nSPS) is 11.8. The Morgan fingerprint density at radius 2 is 2.18 bits per heavy atom. The van der Waals surface area contributed by atoms with Gasteiger partial charge in [0.15, 0.2) is 0 Å². The number of nitrogens with zero attached hydrogens (tertiary/aromatic N) is 3. The largest absolute Gasteiger partial charge is 0.337 e. The predicted octanol–water partition coefficient (Wildman–Crippen LogP) is 2.35. The first kappa shape index (κ1) is 12.2. The van der Waals surface area contributed by atoms with Gasteiger partial charge < -0.3 is 9.84 Å². The molecule has 2 aromatic heterocycles. The first-order valence-corrected chi connectivity index (χ1v) is 5.98. The summed E-state index contributed by atoms with van der Waals surface area (Å²) in [6.07, 6.45) is 1.69. The smallest absolute Gasteiger partial charge is 0.246 e. The second kappa shape index (κ2) is 4.54. The van der Waals surface area contributed by atoms with E-state index in [2.05, 4.69) is 36.4 Å². The Kier molecular flexibility index (Phi) is 3.26. The maximum absolute atomic E-state index is 5.25. The molecule has 5 nitrogen and oxygen atoms in total. The van der Waals surface area contributed by atoms with Crippen LogP contribution in [0.2, 0.25) is 0 Å². The molecular weight excluding hydrogens is 284 g/mol. The molecule has 2 rings (SSSR count). The molecule has 0 amide bonds. The summed E-state index contributed by atoms with van der Waals surface area (Å²) in [6, 6.07) is 3.73. The molecule has 90 valence electrons. The number of pyridine rings is 1. The number of aromatic nitrogens is 3. The summed E-state index contributed by atoms with van der Waals surface area (Å²) in [7, 11) is 1.85. The van der Waals surface area contributed by atoms with Gasteiger partial charge in [0.05, 0.1) is 5.54 Å². The van der Waals surface area contributed by atoms with Crippen molar-refractivity contribution in [2.45, 2.75) is 19.4 Å². The average Bonchev–Trinajstić information content (AvgIpc) is 2.79. The van der Waals surface area contributed by atoms with Crippen LogP contribution in [0.4, 0.5) is 0 Å². The van der Waals surface area contributed by atoms with Crippen LogP contribution in [0.25, 0.3) is 11.5 Å². The zero-order chi connectivity index (χ0) is 12.5. The molecule has 1 N–H and O–H groups in total. The SMILES string of the molecule is CNC(C)(C)c1nc(-c2ncccc2Br)no1. The summed E-state index contributed by atoms with van der Waals surface area (Å²) in [5.74, 6) is 1.02. The van der Waals surface area contributed by atoms with Crippen LogP contribution in [-0.4, -0.2) is 22.2 Å². The Bertz CT molecular complexity index is 524. The molecule has 17 heavy (non-hydrogen) atoms. The fraction of sp³-hybridized carbons (Fsp3) is 0.364. The van der Waals surface area contributed by atoms with Crippen molar-refractivity contribution in [2.24, 2.45) is 0 Å². The van der Waals surface area contributed by atoms with Crippen LogP contribution in [0, 0.1) is 0 Å². The Hall–Kier alpha value is -1.27. The lowest BCUT2D eigenvalue weighted by molar-refractivity contribution is 0.281. The molecule has 2 aromatic rings. The lowest BCUT2D eigenvalue weighted by Gasteiger charge is -2.17. The van der Waals surface area contributed by atoms with Crippen LogP contribution < -0.4 is 5.32 Å². The van der Waals surface area contributed by atoms with Crippen LogP contribution in [0.5, 0.6) is 0 Å². The van der Waals surface area contributed by atoms with Gasteiger partial charge in [0.25, 0.3) is 0 Å². The molecule has 2 heterocycles. The summed E-state index contributed by atoms with van der Waals surface area (Å²) in [6.45, 7) is 3.94. The van der Waals surface area contributed by atoms with Crippen molar-refractivity contribution in [1.29, 1.82) is 0 Å². The quantitative estimate of drug-likeness (QED) is 0.942. The van der Waals surface area contributed by atoms with Gasteiger partial charge in [-0.15, -0.1) is 0 Å². The molecule has 0 aromatic carbocycles. The van der Waals surface area contributed by atoms with Gasteiger partial charge in [-0.25, -0.2) is 0 Å². The van der Waals surface area contributed by atoms with Gasteiger partial charge in [-0.05, 0) is 49.0 Å². The molecule has 0 aliphatic carbocycles. The van der Waals surface area contributed by atoms with Crippen molar-refractivity contribution in [3.63, 3.8) is 0 Å². The number of hydrogen-bond donors (Lipinski definition) is 1. The molecule has 0 spiro atoms. The fourth-order valence-electron chi connectivity index (χ4n) is 1.23. The van der Waals surface area contributed by atoms with E-state index in [9.17, 15) is 0 Å². The highest BCUT2D eigenvalue weighted by molar-refractivity contribution is 9.10. The molecule has 0 atom stereocenters. The molecule has 0 aliphatic rings. The maximum atomic E-state index is 5.25. The van der Waals surface area contributed by atoms with Crippen LogP contribution in [0.15, 0.2) is 27.3 Å². The van der Waals surface area contributed by atoms with E-state index >= 15 is 0 Å². The molecule has 0 saturated carbocycles. The van der Waals surface area contributed by atoms with Crippen molar-refractivity contribution in [1.82, 2.24) is 20.4 Å². The van der Waals surface area contributed by atoms with Crippen LogP contribution in [-0.2, 0) is 5.54 Å². The highest BCUT2D eigenvalue weighted by Crippen LogP contribution is 2.25. The predicted molar refractivity (Wildman–Crippen MR) is 67.3 cm³/mol. The average molecular weight is 297 g/mol. The second-order valence-electron chi connectivity index (χ2n) is 4.13. The van der Waals surface area contributed by atoms with E-state index in [0.29, 0.717) is 17.4 Å². The van der Waals surface area contributed by atoms with Crippen molar-refractivity contribution < 1.29 is 4.52 Å². The van der Waals surface area contributed by atoms with Crippen LogP contribution in [0.1, 0.15) is 19.7 Å². The minimum atomic E-state index is -0.355. The Labute approximate surface area is 108 Å². The fourth-order valence-corrected chi connectivity index (χ4v) is 1.66. The standard InChI is InChI=1S/C11H13BrN4O/c1-11(2,13-3)10-15-9(16-17-10)8-7(12)5-4-6-14-8/h4-6,13H,1-3H3. The minimum absolute atomic E-state index is 0.355. The molecule has 0 saturated heterocycles. The summed E-state index contributed by atoms with van der Waals surface area (Å²) in [5, 5.41) is 7.05. The van der Waals surface area contributed by atoms with Gasteiger partial charge in [-0.3, -0.25) is 4.98 Å². The van der Waals surface area contributed by atoms with Gasteiger partial charge in [-0.2, -0.15) is 4.98 Å². The van der Waals surface area contributed by atoms with E-state index in [4.69, 9.17) is 4.52 Å². The zero-order valence-corrected chi connectivity index (χ0v) is 11.4. The summed E-state index contributed by atoms with van der Waals surface area (Å²) < 4.78 is 6.09. The summed E-state index contributed by atoms with van der Waals surface area (Å²) in [4.78, 5) is 8.57. The van der Waals surface area contributed by atoms with E-state index < -0.39 is 0 Å². The van der Waals surface area contributed by atoms with E-state index in [1.165, 1.54) is 0 Å². The number of hydrogen-bond acceptors (Lipinski definition) is 5. The van der Waals surface area contributed by atoms with Gasteiger partial charge in [0, 0.05) is 10.7 Å². The van der Waals surface area contributed by atoms with E-state index in [0.717, 1.165) is 4.47 Å². The van der Waals surface area contributed by atoms with Crippen LogP contribution >= 0.6 is 15.9 Å². The molecule has 0 radical (unpaired) electrons. The Morgan fingerprint density at radius 1 is 1.41 bits per heavy atom. The highest BCUT2D eigenvalue weighted by atomic mass is 79.9. The van der Waals surface area contributed by atoms with E-state index in [1.54, 1.807) is 6.20 Å². The van der Waals surface area contributed by atoms with Crippen molar-refractivity contribution in [2.75, 3.05) is 7.05 Å². The van der Waals surface area contributed by atoms with Gasteiger partial charge in [0.1, 0.15) is 5.69 Å². The van der Waals surface area contributed by atoms with Gasteiger partial charge in [0.2, 0.25) is 11.7 Å². The minimum Gasteiger partial charge on any atom is -0.337 e. The van der Waals surface area contributed by atoms with Crippen molar-refractivity contribution in [3.8, 4) is 11.5 Å².